The number of aromatic nitrogens is 2. The maximum Gasteiger partial charge on any atom is 0.212 e. The highest BCUT2D eigenvalue weighted by Gasteiger charge is 2.18. The van der Waals surface area contributed by atoms with Crippen molar-refractivity contribution in [3.63, 3.8) is 0 Å². The minimum Gasteiger partial charge on any atom is -0.493 e. The topological polar surface area (TPSA) is 38.0 Å². The molecule has 18 heavy (non-hydrogen) atoms. The largest absolute Gasteiger partial charge is 0.493 e. The Morgan fingerprint density at radius 3 is 2.33 bits per heavy atom. The number of unbranched alkanes of at least 4 members (excludes halogenated alkanes) is 1. The number of nitrogens with zero attached hydrogens (tertiary/aromatic N) is 2. The predicted molar refractivity (Wildman–Crippen MR) is 75.9 cm³/mol. The molecule has 0 aliphatic heterocycles. The molecule has 1 aromatic rings. The zero-order valence-corrected chi connectivity index (χ0v) is 12.5. The zero-order chi connectivity index (χ0) is 13.7. The van der Waals surface area contributed by atoms with Crippen LogP contribution in [0.15, 0.2) is 0 Å². The Labute approximate surface area is 111 Å². The molecule has 0 aliphatic rings. The van der Waals surface area contributed by atoms with Crippen LogP contribution < -0.4 is 0 Å². The molecule has 0 radical (unpaired) electrons. The summed E-state index contributed by atoms with van der Waals surface area (Å²) in [7, 11) is 0. The summed E-state index contributed by atoms with van der Waals surface area (Å²) in [5, 5.41) is 14.9. The number of aromatic hydroxyl groups is 1. The van der Waals surface area contributed by atoms with Gasteiger partial charge >= 0.3 is 0 Å². The number of hydrogen-bond acceptors (Lipinski definition) is 2. The normalized spacial score (nSPS) is 11.7. The number of rotatable bonds is 7. The van der Waals surface area contributed by atoms with Gasteiger partial charge in [-0.05, 0) is 31.1 Å². The predicted octanol–water partition coefficient (Wildman–Crippen LogP) is 3.79. The van der Waals surface area contributed by atoms with Gasteiger partial charge in [0, 0.05) is 12.1 Å². The van der Waals surface area contributed by atoms with Gasteiger partial charge in [0.15, 0.2) is 0 Å². The van der Waals surface area contributed by atoms with Crippen molar-refractivity contribution in [1.29, 1.82) is 0 Å². The van der Waals surface area contributed by atoms with E-state index in [0.717, 1.165) is 37.1 Å². The molecule has 0 aromatic carbocycles. The monoisotopic (exact) mass is 252 g/mol. The van der Waals surface area contributed by atoms with Crippen molar-refractivity contribution in [3.05, 3.63) is 11.3 Å². The van der Waals surface area contributed by atoms with E-state index in [1.165, 1.54) is 6.42 Å². The highest BCUT2D eigenvalue weighted by molar-refractivity contribution is 5.31. The fourth-order valence-corrected chi connectivity index (χ4v) is 2.17. The van der Waals surface area contributed by atoms with E-state index in [2.05, 4.69) is 39.7 Å². The van der Waals surface area contributed by atoms with E-state index in [-0.39, 0.29) is 0 Å². The van der Waals surface area contributed by atoms with Crippen LogP contribution in [0.25, 0.3) is 0 Å². The lowest BCUT2D eigenvalue weighted by Crippen LogP contribution is -2.06. The molecule has 1 aromatic heterocycles. The first-order valence-electron chi connectivity index (χ1n) is 7.23. The Morgan fingerprint density at radius 2 is 1.83 bits per heavy atom. The quantitative estimate of drug-likeness (QED) is 0.802. The van der Waals surface area contributed by atoms with Crippen LogP contribution in [0, 0.1) is 11.8 Å². The lowest BCUT2D eigenvalue weighted by molar-refractivity contribution is 0.367. The molecule has 0 unspecified atom stereocenters. The molecule has 0 spiro atoms. The maximum absolute atomic E-state index is 10.3. The van der Waals surface area contributed by atoms with Gasteiger partial charge < -0.3 is 5.11 Å². The van der Waals surface area contributed by atoms with Gasteiger partial charge in [-0.15, -0.1) is 0 Å². The van der Waals surface area contributed by atoms with E-state index < -0.39 is 0 Å². The molecule has 1 heterocycles. The summed E-state index contributed by atoms with van der Waals surface area (Å²) in [6.07, 6.45) is 4.21. The fraction of sp³-hybridized carbons (Fsp3) is 0.800. The van der Waals surface area contributed by atoms with E-state index in [1.807, 2.05) is 0 Å². The van der Waals surface area contributed by atoms with Crippen molar-refractivity contribution < 1.29 is 5.11 Å². The molecule has 3 heteroatoms. The average Bonchev–Trinajstić information content (AvgIpc) is 2.53. The van der Waals surface area contributed by atoms with Gasteiger partial charge in [-0.1, -0.05) is 41.0 Å². The van der Waals surface area contributed by atoms with Gasteiger partial charge in [-0.3, -0.25) is 0 Å². The molecule has 0 fully saturated rings. The smallest absolute Gasteiger partial charge is 0.212 e. The first-order chi connectivity index (χ1) is 8.45. The molecule has 0 saturated heterocycles. The van der Waals surface area contributed by atoms with E-state index in [0.29, 0.717) is 17.7 Å². The van der Waals surface area contributed by atoms with Crippen LogP contribution in [0.3, 0.4) is 0 Å². The van der Waals surface area contributed by atoms with Crippen LogP contribution in [-0.4, -0.2) is 14.9 Å². The van der Waals surface area contributed by atoms with Gasteiger partial charge in [-0.2, -0.15) is 5.10 Å². The Bertz CT molecular complexity index is 367. The minimum atomic E-state index is 0.392. The third kappa shape index (κ3) is 4.04. The first-order valence-corrected chi connectivity index (χ1v) is 7.23. The van der Waals surface area contributed by atoms with Gasteiger partial charge in [0.25, 0.3) is 0 Å². The van der Waals surface area contributed by atoms with Crippen molar-refractivity contribution in [2.24, 2.45) is 11.8 Å². The van der Waals surface area contributed by atoms with Crippen LogP contribution >= 0.6 is 0 Å². The second kappa shape index (κ2) is 6.81. The molecule has 0 aliphatic carbocycles. The SMILES string of the molecule is CCCCc1nn(CC(C)C)c(O)c1CC(C)C. The summed E-state index contributed by atoms with van der Waals surface area (Å²) in [6.45, 7) is 11.6. The van der Waals surface area contributed by atoms with Crippen molar-refractivity contribution >= 4 is 0 Å². The Kier molecular flexibility index (Phi) is 5.70. The fourth-order valence-electron chi connectivity index (χ4n) is 2.17. The van der Waals surface area contributed by atoms with E-state index in [4.69, 9.17) is 0 Å². The molecule has 0 atom stereocenters. The molecule has 104 valence electrons. The zero-order valence-electron chi connectivity index (χ0n) is 12.5. The second-order valence-electron chi connectivity index (χ2n) is 6.03. The Morgan fingerprint density at radius 1 is 1.17 bits per heavy atom. The van der Waals surface area contributed by atoms with Crippen molar-refractivity contribution in [3.8, 4) is 5.88 Å². The average molecular weight is 252 g/mol. The van der Waals surface area contributed by atoms with Crippen molar-refractivity contribution in [2.75, 3.05) is 0 Å². The standard InChI is InChI=1S/C15H28N2O/c1-6-7-8-14-13(9-11(2)3)15(18)17(16-14)10-12(4)5/h11-12,18H,6-10H2,1-5H3. The number of aryl methyl sites for hydroxylation is 1. The third-order valence-corrected chi connectivity index (χ3v) is 3.02. The van der Waals surface area contributed by atoms with Gasteiger partial charge in [0.05, 0.1) is 5.69 Å². The molecule has 0 amide bonds. The Balaban J connectivity index is 2.97. The summed E-state index contributed by atoms with van der Waals surface area (Å²) < 4.78 is 1.79. The molecule has 0 bridgehead atoms. The van der Waals surface area contributed by atoms with E-state index >= 15 is 0 Å². The molecule has 1 rings (SSSR count). The first kappa shape index (κ1) is 15.1. The summed E-state index contributed by atoms with van der Waals surface area (Å²) in [5.41, 5.74) is 2.17. The van der Waals surface area contributed by atoms with Crippen LogP contribution in [0.5, 0.6) is 5.88 Å². The van der Waals surface area contributed by atoms with E-state index in [1.54, 1.807) is 4.68 Å². The minimum absolute atomic E-state index is 0.392. The van der Waals surface area contributed by atoms with Crippen LogP contribution in [0.4, 0.5) is 0 Å². The lowest BCUT2D eigenvalue weighted by Gasteiger charge is -2.07. The molecular formula is C15H28N2O. The van der Waals surface area contributed by atoms with Gasteiger partial charge in [-0.25, -0.2) is 4.68 Å². The molecule has 1 N–H and O–H groups in total. The van der Waals surface area contributed by atoms with Crippen LogP contribution in [0.1, 0.15) is 58.7 Å². The van der Waals surface area contributed by atoms with Gasteiger partial charge in [0.1, 0.15) is 0 Å². The maximum atomic E-state index is 10.3. The number of hydrogen-bond donors (Lipinski definition) is 1. The summed E-state index contributed by atoms with van der Waals surface area (Å²) in [5.74, 6) is 1.44. The lowest BCUT2D eigenvalue weighted by atomic mass is 10.0. The molecule has 3 nitrogen and oxygen atoms in total. The Hall–Kier alpha value is -0.990. The summed E-state index contributed by atoms with van der Waals surface area (Å²) >= 11 is 0. The second-order valence-corrected chi connectivity index (χ2v) is 6.03. The van der Waals surface area contributed by atoms with E-state index in [9.17, 15) is 5.11 Å². The van der Waals surface area contributed by atoms with Crippen molar-refractivity contribution in [1.82, 2.24) is 9.78 Å². The highest BCUT2D eigenvalue weighted by atomic mass is 16.3. The van der Waals surface area contributed by atoms with Crippen LogP contribution in [-0.2, 0) is 19.4 Å². The highest BCUT2D eigenvalue weighted by Crippen LogP contribution is 2.26. The van der Waals surface area contributed by atoms with Gasteiger partial charge in [0.2, 0.25) is 5.88 Å². The summed E-state index contributed by atoms with van der Waals surface area (Å²) in [6, 6.07) is 0. The van der Waals surface area contributed by atoms with Crippen molar-refractivity contribution in [2.45, 2.75) is 66.8 Å². The van der Waals surface area contributed by atoms with Crippen LogP contribution in [0.2, 0.25) is 0 Å². The third-order valence-electron chi connectivity index (χ3n) is 3.02. The molecule has 0 saturated carbocycles. The summed E-state index contributed by atoms with van der Waals surface area (Å²) in [4.78, 5) is 0. The molecular weight excluding hydrogens is 224 g/mol.